The van der Waals surface area contributed by atoms with E-state index in [1.165, 1.54) is 12.1 Å². The first-order valence-electron chi connectivity index (χ1n) is 4.03. The van der Waals surface area contributed by atoms with E-state index in [0.717, 1.165) is 6.20 Å². The van der Waals surface area contributed by atoms with Crippen molar-refractivity contribution in [3.8, 4) is 17.9 Å². The van der Waals surface area contributed by atoms with Gasteiger partial charge in [0.15, 0.2) is 5.75 Å². The summed E-state index contributed by atoms with van der Waals surface area (Å²) in [4.78, 5) is 0. The van der Waals surface area contributed by atoms with Gasteiger partial charge >= 0.3 is 0 Å². The molecule has 1 rings (SSSR count). The summed E-state index contributed by atoms with van der Waals surface area (Å²) in [5.74, 6) is -0.197. The van der Waals surface area contributed by atoms with E-state index < -0.39 is 0 Å². The molecule has 0 atom stereocenters. The third kappa shape index (κ3) is 2.80. The van der Waals surface area contributed by atoms with Crippen LogP contribution >= 0.6 is 23.2 Å². The van der Waals surface area contributed by atoms with Gasteiger partial charge in [-0.25, -0.2) is 0 Å². The number of phenolic OH excluding ortho intramolecular Hbond substituents is 1. The van der Waals surface area contributed by atoms with Crippen LogP contribution in [0.3, 0.4) is 0 Å². The number of rotatable bonds is 2. The van der Waals surface area contributed by atoms with Crippen LogP contribution in [0.1, 0.15) is 0 Å². The molecule has 2 N–H and O–H groups in total. The highest BCUT2D eigenvalue weighted by atomic mass is 35.5. The third-order valence-corrected chi connectivity index (χ3v) is 2.15. The molecule has 1 aromatic carbocycles. The fourth-order valence-corrected chi connectivity index (χ4v) is 1.41. The lowest BCUT2D eigenvalue weighted by molar-refractivity contribution is 0.478. The number of nitriles is 2. The molecule has 16 heavy (non-hydrogen) atoms. The predicted octanol–water partition coefficient (Wildman–Crippen LogP) is 3.04. The van der Waals surface area contributed by atoms with Crippen LogP contribution in [0.2, 0.25) is 10.0 Å². The van der Waals surface area contributed by atoms with E-state index in [0.29, 0.717) is 5.02 Å². The summed E-state index contributed by atoms with van der Waals surface area (Å²) in [5.41, 5.74) is 0.0935. The van der Waals surface area contributed by atoms with Gasteiger partial charge in [-0.1, -0.05) is 23.2 Å². The smallest absolute Gasteiger partial charge is 0.157 e. The molecule has 4 nitrogen and oxygen atoms in total. The number of phenols is 1. The van der Waals surface area contributed by atoms with Crippen molar-refractivity contribution >= 4 is 28.9 Å². The van der Waals surface area contributed by atoms with Crippen molar-refractivity contribution in [3.05, 3.63) is 34.0 Å². The van der Waals surface area contributed by atoms with Crippen LogP contribution in [0.25, 0.3) is 0 Å². The van der Waals surface area contributed by atoms with Gasteiger partial charge in [-0.15, -0.1) is 0 Å². The Hall–Kier alpha value is -1.88. The van der Waals surface area contributed by atoms with Gasteiger partial charge in [0.1, 0.15) is 17.7 Å². The van der Waals surface area contributed by atoms with Gasteiger partial charge in [0, 0.05) is 11.2 Å². The molecule has 0 unspecified atom stereocenters. The van der Waals surface area contributed by atoms with E-state index in [1.54, 1.807) is 12.1 Å². The van der Waals surface area contributed by atoms with Gasteiger partial charge in [-0.2, -0.15) is 10.5 Å². The number of benzene rings is 1. The number of nitrogens with one attached hydrogen (secondary N) is 1. The van der Waals surface area contributed by atoms with Crippen LogP contribution in [0.4, 0.5) is 5.69 Å². The van der Waals surface area contributed by atoms with Crippen LogP contribution in [-0.4, -0.2) is 5.11 Å². The molecule has 0 saturated heterocycles. The Morgan fingerprint density at radius 1 is 1.31 bits per heavy atom. The average molecular weight is 254 g/mol. The van der Waals surface area contributed by atoms with Gasteiger partial charge in [0.05, 0.1) is 10.7 Å². The van der Waals surface area contributed by atoms with Crippen molar-refractivity contribution in [2.45, 2.75) is 0 Å². The topological polar surface area (TPSA) is 79.8 Å². The zero-order chi connectivity index (χ0) is 12.1. The van der Waals surface area contributed by atoms with Crippen LogP contribution in [0, 0.1) is 22.7 Å². The Bertz CT molecular complexity index is 510. The molecule has 80 valence electrons. The number of halogens is 2. The van der Waals surface area contributed by atoms with Gasteiger partial charge in [0.25, 0.3) is 0 Å². The van der Waals surface area contributed by atoms with E-state index in [4.69, 9.17) is 33.7 Å². The van der Waals surface area contributed by atoms with Crippen LogP contribution in [0.5, 0.6) is 5.75 Å². The number of allylic oxidation sites excluding steroid dienone is 1. The minimum absolute atomic E-state index is 0.0823. The zero-order valence-electron chi connectivity index (χ0n) is 7.83. The molecule has 6 heteroatoms. The molecule has 1 aromatic rings. The van der Waals surface area contributed by atoms with Gasteiger partial charge in [0.2, 0.25) is 0 Å². The maximum atomic E-state index is 9.53. The van der Waals surface area contributed by atoms with Crippen LogP contribution in [0.15, 0.2) is 23.9 Å². The van der Waals surface area contributed by atoms with E-state index >= 15 is 0 Å². The largest absolute Gasteiger partial charge is 0.504 e. The van der Waals surface area contributed by atoms with Crippen LogP contribution < -0.4 is 5.32 Å². The summed E-state index contributed by atoms with van der Waals surface area (Å²) in [6, 6.07) is 6.12. The minimum atomic E-state index is -0.197. The predicted molar refractivity (Wildman–Crippen MR) is 61.1 cm³/mol. The molecular formula is C10H5Cl2N3O. The summed E-state index contributed by atoms with van der Waals surface area (Å²) in [6.07, 6.45) is 1.15. The normalized spacial score (nSPS) is 8.75. The van der Waals surface area contributed by atoms with Crippen molar-refractivity contribution in [2.24, 2.45) is 0 Å². The molecule has 0 fully saturated rings. The molecule has 0 aliphatic carbocycles. The number of anilines is 1. The molecular weight excluding hydrogens is 249 g/mol. The summed E-state index contributed by atoms with van der Waals surface area (Å²) >= 11 is 11.4. The van der Waals surface area contributed by atoms with E-state index in [9.17, 15) is 5.11 Å². The molecule has 0 aliphatic rings. The molecule has 0 saturated carbocycles. The van der Waals surface area contributed by atoms with E-state index in [1.807, 2.05) is 0 Å². The van der Waals surface area contributed by atoms with Gasteiger partial charge in [-0.3, -0.25) is 0 Å². The Morgan fingerprint density at radius 2 is 1.94 bits per heavy atom. The van der Waals surface area contributed by atoms with E-state index in [-0.39, 0.29) is 22.0 Å². The molecule has 0 aliphatic heterocycles. The third-order valence-electron chi connectivity index (χ3n) is 1.64. The lowest BCUT2D eigenvalue weighted by Crippen LogP contribution is -1.91. The summed E-state index contributed by atoms with van der Waals surface area (Å²) in [6.45, 7) is 0. The summed E-state index contributed by atoms with van der Waals surface area (Å²) < 4.78 is 0. The minimum Gasteiger partial charge on any atom is -0.504 e. The fraction of sp³-hybridized carbons (Fsp3) is 0. The number of aromatic hydroxyl groups is 1. The van der Waals surface area contributed by atoms with Crippen molar-refractivity contribution in [3.63, 3.8) is 0 Å². The summed E-state index contributed by atoms with van der Waals surface area (Å²) in [5, 5.41) is 29.5. The van der Waals surface area contributed by atoms with Crippen molar-refractivity contribution < 1.29 is 5.11 Å². The van der Waals surface area contributed by atoms with Gasteiger partial charge < -0.3 is 10.4 Å². The second kappa shape index (κ2) is 5.27. The maximum Gasteiger partial charge on any atom is 0.157 e. The summed E-state index contributed by atoms with van der Waals surface area (Å²) in [7, 11) is 0. The highest BCUT2D eigenvalue weighted by Gasteiger charge is 2.06. The first kappa shape index (κ1) is 12.2. The van der Waals surface area contributed by atoms with Crippen molar-refractivity contribution in [1.29, 1.82) is 10.5 Å². The highest BCUT2D eigenvalue weighted by molar-refractivity contribution is 6.36. The first-order chi connectivity index (χ1) is 7.58. The molecule has 0 bridgehead atoms. The lowest BCUT2D eigenvalue weighted by atomic mass is 10.3. The lowest BCUT2D eigenvalue weighted by Gasteiger charge is -2.06. The monoisotopic (exact) mass is 253 g/mol. The molecule has 0 heterocycles. The quantitative estimate of drug-likeness (QED) is 0.627. The average Bonchev–Trinajstić information content (AvgIpc) is 2.26. The Balaban J connectivity index is 3.05. The Labute approximate surface area is 102 Å². The zero-order valence-corrected chi connectivity index (χ0v) is 9.34. The second-order valence-electron chi connectivity index (χ2n) is 2.71. The van der Waals surface area contributed by atoms with Crippen molar-refractivity contribution in [1.82, 2.24) is 0 Å². The first-order valence-corrected chi connectivity index (χ1v) is 4.79. The Morgan fingerprint density at radius 3 is 2.50 bits per heavy atom. The van der Waals surface area contributed by atoms with E-state index in [2.05, 4.69) is 5.32 Å². The second-order valence-corrected chi connectivity index (χ2v) is 3.55. The molecule has 0 radical (unpaired) electrons. The number of hydrogen-bond acceptors (Lipinski definition) is 4. The Kier molecular flexibility index (Phi) is 4.02. The molecule has 0 aromatic heterocycles. The van der Waals surface area contributed by atoms with Gasteiger partial charge in [-0.05, 0) is 12.1 Å². The maximum absolute atomic E-state index is 9.53. The number of nitrogens with zero attached hydrogens (tertiary/aromatic N) is 2. The molecule has 0 amide bonds. The SMILES string of the molecule is N#CC(C#N)=CNc1cc(Cl)cc(Cl)c1O. The van der Waals surface area contributed by atoms with Crippen LogP contribution in [-0.2, 0) is 0 Å². The fourth-order valence-electron chi connectivity index (χ4n) is 0.915. The standard InChI is InChI=1S/C10H5Cl2N3O/c11-7-1-8(12)10(16)9(2-7)15-5-6(3-13)4-14/h1-2,5,15-16H. The number of hydrogen-bond donors (Lipinski definition) is 2. The van der Waals surface area contributed by atoms with Crippen molar-refractivity contribution in [2.75, 3.05) is 5.32 Å². The highest BCUT2D eigenvalue weighted by Crippen LogP contribution is 2.34. The molecule has 0 spiro atoms.